The largest absolute Gasteiger partial charge is 0.398 e. The van der Waals surface area contributed by atoms with E-state index in [0.717, 1.165) is 17.7 Å². The lowest BCUT2D eigenvalue weighted by molar-refractivity contribution is 0.0950. The van der Waals surface area contributed by atoms with Gasteiger partial charge in [0.05, 0.1) is 0 Å². The highest BCUT2D eigenvalue weighted by molar-refractivity contribution is 5.96. The van der Waals surface area contributed by atoms with Crippen LogP contribution in [0.25, 0.3) is 0 Å². The third kappa shape index (κ3) is 2.50. The minimum absolute atomic E-state index is 0.0121. The summed E-state index contributed by atoms with van der Waals surface area (Å²) in [5, 5.41) is 3.01. The number of nitrogens with one attached hydrogen (secondary N) is 1. The molecular weight excluding hydrogens is 224 g/mol. The first-order valence-electron chi connectivity index (χ1n) is 6.46. The first-order valence-corrected chi connectivity index (χ1v) is 6.46. The summed E-state index contributed by atoms with van der Waals surface area (Å²) in [7, 11) is 0. The first-order chi connectivity index (χ1) is 8.31. The minimum atomic E-state index is -0.0121. The quantitative estimate of drug-likeness (QED) is 0.806. The summed E-state index contributed by atoms with van der Waals surface area (Å²) < 4.78 is 0. The van der Waals surface area contributed by atoms with E-state index in [4.69, 9.17) is 5.73 Å². The summed E-state index contributed by atoms with van der Waals surface area (Å²) in [6.45, 7) is 9.14. The van der Waals surface area contributed by atoms with Gasteiger partial charge in [0.1, 0.15) is 0 Å². The van der Waals surface area contributed by atoms with Gasteiger partial charge in [0, 0.05) is 17.8 Å². The van der Waals surface area contributed by atoms with Crippen LogP contribution in [-0.4, -0.2) is 12.5 Å². The second kappa shape index (κ2) is 4.30. The van der Waals surface area contributed by atoms with Crippen LogP contribution >= 0.6 is 0 Å². The molecule has 3 heteroatoms. The van der Waals surface area contributed by atoms with Crippen molar-refractivity contribution in [3.63, 3.8) is 0 Å². The lowest BCUT2D eigenvalue weighted by Crippen LogP contribution is -2.27. The summed E-state index contributed by atoms with van der Waals surface area (Å²) in [6.07, 6.45) is 1.20. The minimum Gasteiger partial charge on any atom is -0.398 e. The molecule has 1 atom stereocenters. The number of nitrogens with two attached hydrogens (primary N) is 1. The van der Waals surface area contributed by atoms with Gasteiger partial charge in [-0.05, 0) is 48.8 Å². The van der Waals surface area contributed by atoms with E-state index in [1.807, 2.05) is 19.9 Å². The Bertz CT molecular complexity index is 492. The number of aryl methyl sites for hydroxylation is 2. The van der Waals surface area contributed by atoms with Crippen molar-refractivity contribution < 1.29 is 4.79 Å². The fourth-order valence-corrected chi connectivity index (χ4v) is 2.35. The fraction of sp³-hybridized carbons (Fsp3) is 0.533. The van der Waals surface area contributed by atoms with E-state index in [2.05, 4.69) is 19.2 Å². The Hall–Kier alpha value is -1.51. The van der Waals surface area contributed by atoms with E-state index in [1.165, 1.54) is 6.42 Å². The molecule has 1 aromatic rings. The van der Waals surface area contributed by atoms with Crippen molar-refractivity contribution in [2.45, 2.75) is 34.1 Å². The van der Waals surface area contributed by atoms with Gasteiger partial charge in [0.25, 0.3) is 5.91 Å². The van der Waals surface area contributed by atoms with E-state index in [0.29, 0.717) is 22.6 Å². The van der Waals surface area contributed by atoms with Crippen LogP contribution in [0.5, 0.6) is 0 Å². The number of hydrogen-bond acceptors (Lipinski definition) is 2. The molecule has 0 aromatic heterocycles. The Morgan fingerprint density at radius 3 is 2.56 bits per heavy atom. The van der Waals surface area contributed by atoms with Crippen molar-refractivity contribution in [3.8, 4) is 0 Å². The highest BCUT2D eigenvalue weighted by atomic mass is 16.1. The topological polar surface area (TPSA) is 55.1 Å². The molecule has 1 aliphatic rings. The molecular formula is C15H22N2O. The van der Waals surface area contributed by atoms with Crippen LogP contribution in [-0.2, 0) is 0 Å². The summed E-state index contributed by atoms with van der Waals surface area (Å²) in [4.78, 5) is 12.1. The van der Waals surface area contributed by atoms with E-state index in [-0.39, 0.29) is 5.91 Å². The smallest absolute Gasteiger partial charge is 0.251 e. The molecule has 1 aliphatic carbocycles. The zero-order valence-electron chi connectivity index (χ0n) is 11.6. The SMILES string of the molecule is Cc1cc(C)c(C(=O)NCC2CC2(C)C)cc1N. The molecule has 3 nitrogen and oxygen atoms in total. The summed E-state index contributed by atoms with van der Waals surface area (Å²) in [5.74, 6) is 0.603. The molecule has 1 fully saturated rings. The molecule has 0 saturated heterocycles. The normalized spacial score (nSPS) is 20.6. The van der Waals surface area contributed by atoms with E-state index in [9.17, 15) is 4.79 Å². The second-order valence-electron chi connectivity index (χ2n) is 6.12. The Balaban J connectivity index is 2.03. The maximum atomic E-state index is 12.1. The number of anilines is 1. The van der Waals surface area contributed by atoms with Crippen molar-refractivity contribution in [2.75, 3.05) is 12.3 Å². The standard InChI is InChI=1S/C15H22N2O/c1-9-5-10(2)13(16)6-12(9)14(18)17-8-11-7-15(11,3)4/h5-6,11H,7-8,16H2,1-4H3,(H,17,18). The molecule has 0 spiro atoms. The lowest BCUT2D eigenvalue weighted by Gasteiger charge is -2.11. The Morgan fingerprint density at radius 2 is 2.00 bits per heavy atom. The van der Waals surface area contributed by atoms with E-state index >= 15 is 0 Å². The molecule has 1 unspecified atom stereocenters. The third-order valence-electron chi connectivity index (χ3n) is 4.08. The van der Waals surface area contributed by atoms with Gasteiger partial charge in [0.15, 0.2) is 0 Å². The second-order valence-corrected chi connectivity index (χ2v) is 6.12. The zero-order valence-corrected chi connectivity index (χ0v) is 11.6. The van der Waals surface area contributed by atoms with Crippen LogP contribution in [0.3, 0.4) is 0 Å². The zero-order chi connectivity index (χ0) is 13.5. The first kappa shape index (κ1) is 12.9. The Kier molecular flexibility index (Phi) is 3.09. The van der Waals surface area contributed by atoms with Crippen molar-refractivity contribution in [3.05, 3.63) is 28.8 Å². The van der Waals surface area contributed by atoms with Crippen molar-refractivity contribution in [1.82, 2.24) is 5.32 Å². The lowest BCUT2D eigenvalue weighted by atomic mass is 10.0. The molecule has 1 amide bonds. The molecule has 0 heterocycles. The molecule has 1 saturated carbocycles. The number of carbonyl (C=O) groups excluding carboxylic acids is 1. The van der Waals surface area contributed by atoms with Gasteiger partial charge in [-0.2, -0.15) is 0 Å². The van der Waals surface area contributed by atoms with Gasteiger partial charge in [0.2, 0.25) is 0 Å². The fourth-order valence-electron chi connectivity index (χ4n) is 2.35. The van der Waals surface area contributed by atoms with E-state index in [1.54, 1.807) is 6.07 Å². The van der Waals surface area contributed by atoms with Crippen LogP contribution in [0.15, 0.2) is 12.1 Å². The molecule has 0 radical (unpaired) electrons. The Morgan fingerprint density at radius 1 is 1.39 bits per heavy atom. The molecule has 1 aromatic carbocycles. The maximum absolute atomic E-state index is 12.1. The number of hydrogen-bond donors (Lipinski definition) is 2. The van der Waals surface area contributed by atoms with Gasteiger partial charge in [-0.1, -0.05) is 19.9 Å². The molecule has 2 rings (SSSR count). The van der Waals surface area contributed by atoms with Crippen molar-refractivity contribution in [1.29, 1.82) is 0 Å². The highest BCUT2D eigenvalue weighted by Crippen LogP contribution is 2.50. The van der Waals surface area contributed by atoms with Gasteiger partial charge in [-0.15, -0.1) is 0 Å². The van der Waals surface area contributed by atoms with E-state index < -0.39 is 0 Å². The van der Waals surface area contributed by atoms with Gasteiger partial charge >= 0.3 is 0 Å². The number of benzene rings is 1. The van der Waals surface area contributed by atoms with Crippen molar-refractivity contribution in [2.24, 2.45) is 11.3 Å². The number of carbonyl (C=O) groups is 1. The van der Waals surface area contributed by atoms with Crippen LogP contribution in [0.4, 0.5) is 5.69 Å². The average molecular weight is 246 g/mol. The van der Waals surface area contributed by atoms with Gasteiger partial charge in [-0.3, -0.25) is 4.79 Å². The number of rotatable bonds is 3. The van der Waals surface area contributed by atoms with Gasteiger partial charge in [-0.25, -0.2) is 0 Å². The highest BCUT2D eigenvalue weighted by Gasteiger charge is 2.45. The summed E-state index contributed by atoms with van der Waals surface area (Å²) >= 11 is 0. The number of amides is 1. The van der Waals surface area contributed by atoms with Crippen molar-refractivity contribution >= 4 is 11.6 Å². The number of nitrogen functional groups attached to an aromatic ring is 1. The third-order valence-corrected chi connectivity index (χ3v) is 4.08. The van der Waals surface area contributed by atoms with Gasteiger partial charge < -0.3 is 11.1 Å². The summed E-state index contributed by atoms with van der Waals surface area (Å²) in [5.41, 5.74) is 9.63. The Labute approximate surface area is 109 Å². The molecule has 0 bridgehead atoms. The van der Waals surface area contributed by atoms with Crippen LogP contribution in [0.2, 0.25) is 0 Å². The molecule has 3 N–H and O–H groups in total. The molecule has 98 valence electrons. The maximum Gasteiger partial charge on any atom is 0.251 e. The predicted molar refractivity (Wildman–Crippen MR) is 74.5 cm³/mol. The van der Waals surface area contributed by atoms with Crippen LogP contribution in [0.1, 0.15) is 41.8 Å². The monoisotopic (exact) mass is 246 g/mol. The predicted octanol–water partition coefficient (Wildman–Crippen LogP) is 2.66. The van der Waals surface area contributed by atoms with Crippen LogP contribution < -0.4 is 11.1 Å². The molecule has 18 heavy (non-hydrogen) atoms. The average Bonchev–Trinajstić information content (AvgIpc) is 2.88. The molecule has 0 aliphatic heterocycles. The summed E-state index contributed by atoms with van der Waals surface area (Å²) in [6, 6.07) is 3.74. The van der Waals surface area contributed by atoms with Crippen LogP contribution in [0, 0.1) is 25.2 Å².